The lowest BCUT2D eigenvalue weighted by Gasteiger charge is -2.46. The van der Waals surface area contributed by atoms with Crippen LogP contribution >= 0.6 is 0 Å². The molecule has 0 saturated carbocycles. The number of hydrogen-bond donors (Lipinski definition) is 1. The van der Waals surface area contributed by atoms with Crippen molar-refractivity contribution in [2.75, 3.05) is 7.11 Å². The van der Waals surface area contributed by atoms with Gasteiger partial charge in [-0.3, -0.25) is 14.4 Å². The average molecular weight is 532 g/mol. The lowest BCUT2D eigenvalue weighted by Crippen LogP contribution is -2.51. The van der Waals surface area contributed by atoms with E-state index in [9.17, 15) is 24.3 Å². The molecule has 9 heteroatoms. The summed E-state index contributed by atoms with van der Waals surface area (Å²) in [6.45, 7) is 4.63. The second-order valence-corrected chi connectivity index (χ2v) is 10.4. The van der Waals surface area contributed by atoms with Gasteiger partial charge in [0.05, 0.1) is 46.3 Å². The molecule has 1 aliphatic rings. The van der Waals surface area contributed by atoms with Crippen LogP contribution in [0.15, 0.2) is 47.3 Å². The van der Waals surface area contributed by atoms with Crippen LogP contribution in [0.5, 0.6) is 11.5 Å². The lowest BCUT2D eigenvalue weighted by molar-refractivity contribution is -0.170. The van der Waals surface area contributed by atoms with E-state index in [1.54, 1.807) is 27.0 Å². The summed E-state index contributed by atoms with van der Waals surface area (Å²) in [7, 11) is 3.25. The highest BCUT2D eigenvalue weighted by atomic mass is 16.6. The second kappa shape index (κ2) is 9.41. The van der Waals surface area contributed by atoms with Gasteiger partial charge in [0, 0.05) is 26.5 Å². The molecule has 1 N–H and O–H groups in total. The minimum Gasteiger partial charge on any atom is -0.496 e. The SMILES string of the molecule is COc1cc2c(c3c1c(=O)c1c4ccccc4ccc1n3C)C(OC(C)=O)C(C(CC=O)C(=O)O)C(C)(C)O2. The number of ether oxygens (including phenoxy) is 3. The number of methoxy groups -OCH3 is 1. The van der Waals surface area contributed by atoms with Crippen LogP contribution in [0.4, 0.5) is 0 Å². The highest BCUT2D eigenvalue weighted by molar-refractivity contribution is 6.11. The molecule has 2 heterocycles. The highest BCUT2D eigenvalue weighted by Gasteiger charge is 2.53. The highest BCUT2D eigenvalue weighted by Crippen LogP contribution is 2.53. The summed E-state index contributed by atoms with van der Waals surface area (Å²) in [5, 5.41) is 12.5. The first-order valence-corrected chi connectivity index (χ1v) is 12.6. The van der Waals surface area contributed by atoms with Crippen molar-refractivity contribution in [2.24, 2.45) is 18.9 Å². The fourth-order valence-electron chi connectivity index (χ4n) is 6.16. The van der Waals surface area contributed by atoms with Crippen molar-refractivity contribution in [3.8, 4) is 11.5 Å². The van der Waals surface area contributed by atoms with Gasteiger partial charge in [-0.1, -0.05) is 30.3 Å². The molecule has 3 atom stereocenters. The van der Waals surface area contributed by atoms with Crippen LogP contribution in [0.1, 0.15) is 38.9 Å². The van der Waals surface area contributed by atoms with Crippen LogP contribution in [0.25, 0.3) is 32.6 Å². The Bertz CT molecular complexity index is 1730. The number of rotatable bonds is 6. The number of benzene rings is 3. The van der Waals surface area contributed by atoms with Gasteiger partial charge in [-0.2, -0.15) is 0 Å². The molecule has 0 saturated heterocycles. The summed E-state index contributed by atoms with van der Waals surface area (Å²) < 4.78 is 19.7. The molecule has 0 radical (unpaired) electrons. The number of aromatic nitrogens is 1. The molecule has 3 aromatic carbocycles. The molecular weight excluding hydrogens is 502 g/mol. The Labute approximate surface area is 223 Å². The molecule has 0 amide bonds. The molecular formula is C30H29NO8. The first kappa shape index (κ1) is 26.2. The standard InChI is InChI=1S/C30H29NO8/c1-15(33)38-28-24-21(39-30(2,3)25(28)18(12-13-32)29(35)36)14-20(37-5)23-26(24)31(4)19-11-10-16-8-6-7-9-17(16)22(19)27(23)34/h6-11,13-14,18,25,28H,12H2,1-5H3,(H,35,36). The van der Waals surface area contributed by atoms with Crippen molar-refractivity contribution >= 4 is 50.8 Å². The number of carbonyl (C=O) groups excluding carboxylic acids is 2. The van der Waals surface area contributed by atoms with Crippen molar-refractivity contribution in [3.63, 3.8) is 0 Å². The van der Waals surface area contributed by atoms with Gasteiger partial charge in [0.1, 0.15) is 29.5 Å². The van der Waals surface area contributed by atoms with Gasteiger partial charge in [-0.15, -0.1) is 0 Å². The Morgan fingerprint density at radius 3 is 2.54 bits per heavy atom. The molecule has 202 valence electrons. The van der Waals surface area contributed by atoms with Crippen LogP contribution in [-0.4, -0.2) is 40.6 Å². The van der Waals surface area contributed by atoms with Crippen LogP contribution in [0.2, 0.25) is 0 Å². The summed E-state index contributed by atoms with van der Waals surface area (Å²) in [5.74, 6) is -3.43. The molecule has 0 fully saturated rings. The molecule has 1 aliphatic heterocycles. The van der Waals surface area contributed by atoms with Crippen LogP contribution in [0.3, 0.4) is 0 Å². The van der Waals surface area contributed by atoms with Crippen LogP contribution < -0.4 is 14.9 Å². The Morgan fingerprint density at radius 2 is 1.90 bits per heavy atom. The zero-order valence-electron chi connectivity index (χ0n) is 22.3. The van der Waals surface area contributed by atoms with Crippen molar-refractivity contribution in [1.29, 1.82) is 0 Å². The second-order valence-electron chi connectivity index (χ2n) is 10.4. The summed E-state index contributed by atoms with van der Waals surface area (Å²) in [6, 6.07) is 12.9. The van der Waals surface area contributed by atoms with Gasteiger partial charge in [0.25, 0.3) is 0 Å². The number of nitrogens with zero attached hydrogens (tertiary/aromatic N) is 1. The summed E-state index contributed by atoms with van der Waals surface area (Å²) in [6.07, 6.45) is -0.892. The van der Waals surface area contributed by atoms with Gasteiger partial charge < -0.3 is 28.7 Å². The fraction of sp³-hybridized carbons (Fsp3) is 0.333. The van der Waals surface area contributed by atoms with E-state index in [2.05, 4.69) is 0 Å². The number of carbonyl (C=O) groups is 3. The molecule has 0 aliphatic carbocycles. The lowest BCUT2D eigenvalue weighted by atomic mass is 9.71. The molecule has 9 nitrogen and oxygen atoms in total. The van der Waals surface area contributed by atoms with Gasteiger partial charge in [0.15, 0.2) is 0 Å². The van der Waals surface area contributed by atoms with Crippen LogP contribution in [-0.2, 0) is 26.2 Å². The third-order valence-corrected chi connectivity index (χ3v) is 7.72. The molecule has 5 rings (SSSR count). The van der Waals surface area contributed by atoms with E-state index in [0.717, 1.165) is 10.8 Å². The summed E-state index contributed by atoms with van der Waals surface area (Å²) in [5.41, 5.74) is -0.0483. The first-order valence-electron chi connectivity index (χ1n) is 12.6. The third kappa shape index (κ3) is 4.00. The normalized spacial score (nSPS) is 18.8. The maximum atomic E-state index is 14.2. The number of aliphatic carboxylic acids is 1. The van der Waals surface area contributed by atoms with Crippen molar-refractivity contribution in [1.82, 2.24) is 4.57 Å². The number of carboxylic acids is 1. The zero-order chi connectivity index (χ0) is 28.2. The molecule has 1 aromatic heterocycles. The summed E-state index contributed by atoms with van der Waals surface area (Å²) in [4.78, 5) is 50.5. The molecule has 39 heavy (non-hydrogen) atoms. The quantitative estimate of drug-likeness (QED) is 0.167. The number of pyridine rings is 1. The molecule has 4 aromatic rings. The monoisotopic (exact) mass is 531 g/mol. The zero-order valence-corrected chi connectivity index (χ0v) is 22.3. The van der Waals surface area contributed by atoms with E-state index in [0.29, 0.717) is 34.0 Å². The Balaban J connectivity index is 1.97. The maximum absolute atomic E-state index is 14.2. The van der Waals surface area contributed by atoms with Gasteiger partial charge in [0.2, 0.25) is 5.43 Å². The minimum absolute atomic E-state index is 0.254. The number of carboxylic acid groups (broad SMARTS) is 1. The van der Waals surface area contributed by atoms with E-state index >= 15 is 0 Å². The Morgan fingerprint density at radius 1 is 1.18 bits per heavy atom. The third-order valence-electron chi connectivity index (χ3n) is 7.72. The number of hydrogen-bond acceptors (Lipinski definition) is 7. The van der Waals surface area contributed by atoms with Gasteiger partial charge >= 0.3 is 11.9 Å². The van der Waals surface area contributed by atoms with E-state index < -0.39 is 35.5 Å². The number of aryl methyl sites for hydroxylation is 1. The number of fused-ring (bicyclic) bond motifs is 6. The Kier molecular flexibility index (Phi) is 6.33. The molecule has 0 bridgehead atoms. The van der Waals surface area contributed by atoms with E-state index in [-0.39, 0.29) is 23.0 Å². The van der Waals surface area contributed by atoms with Crippen molar-refractivity contribution < 1.29 is 33.7 Å². The minimum atomic E-state index is -1.21. The topological polar surface area (TPSA) is 121 Å². The largest absolute Gasteiger partial charge is 0.496 e. The smallest absolute Gasteiger partial charge is 0.307 e. The predicted octanol–water partition coefficient (Wildman–Crippen LogP) is 4.53. The summed E-state index contributed by atoms with van der Waals surface area (Å²) >= 11 is 0. The van der Waals surface area contributed by atoms with E-state index in [4.69, 9.17) is 14.2 Å². The first-order chi connectivity index (χ1) is 18.5. The van der Waals surface area contributed by atoms with E-state index in [1.165, 1.54) is 14.0 Å². The maximum Gasteiger partial charge on any atom is 0.307 e. The Hall–Kier alpha value is -4.40. The fourth-order valence-corrected chi connectivity index (χ4v) is 6.16. The van der Waals surface area contributed by atoms with Gasteiger partial charge in [-0.25, -0.2) is 0 Å². The van der Waals surface area contributed by atoms with Crippen molar-refractivity contribution in [3.05, 3.63) is 58.3 Å². The van der Waals surface area contributed by atoms with Crippen molar-refractivity contribution in [2.45, 2.75) is 38.9 Å². The van der Waals surface area contributed by atoms with Crippen LogP contribution in [0, 0.1) is 11.8 Å². The average Bonchev–Trinajstić information content (AvgIpc) is 2.88. The van der Waals surface area contributed by atoms with E-state index in [1.807, 2.05) is 41.0 Å². The van der Waals surface area contributed by atoms with Gasteiger partial charge in [-0.05, 0) is 30.7 Å². The molecule has 3 unspecified atom stereocenters. The number of esters is 1. The predicted molar refractivity (Wildman–Crippen MR) is 145 cm³/mol. The molecule has 0 spiro atoms. The number of aldehydes is 1.